The van der Waals surface area contributed by atoms with Crippen LogP contribution >= 0.6 is 0 Å². The lowest BCUT2D eigenvalue weighted by molar-refractivity contribution is -0.129. The Balaban J connectivity index is 1.87. The Bertz CT molecular complexity index is 623. The number of hydrogen-bond acceptors (Lipinski definition) is 3. The van der Waals surface area contributed by atoms with Crippen molar-refractivity contribution in [2.45, 2.75) is 45.6 Å². The van der Waals surface area contributed by atoms with Gasteiger partial charge < -0.3 is 10.0 Å². The zero-order valence-electron chi connectivity index (χ0n) is 13.3. The molecular weight excluding hydrogens is 278 g/mol. The molecule has 4 heteroatoms. The quantitative estimate of drug-likeness (QED) is 0.869. The first-order valence-corrected chi connectivity index (χ1v) is 7.99. The van der Waals surface area contributed by atoms with Crippen LogP contribution in [0.1, 0.15) is 48.2 Å². The molecule has 1 heterocycles. The molecule has 1 fully saturated rings. The molecule has 0 aromatic heterocycles. The number of aryl methyl sites for hydroxylation is 1. The van der Waals surface area contributed by atoms with E-state index in [1.807, 2.05) is 17.0 Å². The summed E-state index contributed by atoms with van der Waals surface area (Å²) >= 11 is 0. The molecule has 118 valence electrons. The third-order valence-corrected chi connectivity index (χ3v) is 5.14. The van der Waals surface area contributed by atoms with Gasteiger partial charge >= 0.3 is 0 Å². The molecular formula is C18H23NO3. The lowest BCUT2D eigenvalue weighted by Gasteiger charge is -2.35. The fourth-order valence-corrected chi connectivity index (χ4v) is 3.88. The van der Waals surface area contributed by atoms with E-state index in [-0.39, 0.29) is 23.1 Å². The molecule has 1 N–H and O–H groups in total. The van der Waals surface area contributed by atoms with Gasteiger partial charge in [-0.25, -0.2) is 0 Å². The van der Waals surface area contributed by atoms with Crippen LogP contribution in [0.15, 0.2) is 18.2 Å². The maximum absolute atomic E-state index is 12.3. The van der Waals surface area contributed by atoms with Gasteiger partial charge in [0, 0.05) is 30.0 Å². The van der Waals surface area contributed by atoms with Crippen molar-refractivity contribution < 1.29 is 14.7 Å². The number of rotatable bonds is 3. The Kier molecular flexibility index (Phi) is 3.81. The van der Waals surface area contributed by atoms with E-state index < -0.39 is 6.61 Å². The van der Waals surface area contributed by atoms with Crippen LogP contribution < -0.4 is 0 Å². The number of carbonyl (C=O) groups is 2. The molecule has 3 rings (SSSR count). The summed E-state index contributed by atoms with van der Waals surface area (Å²) in [5, 5.41) is 9.03. The number of amides is 1. The van der Waals surface area contributed by atoms with Gasteiger partial charge in [0.15, 0.2) is 5.78 Å². The minimum absolute atomic E-state index is 0.0231. The Morgan fingerprint density at radius 2 is 2.09 bits per heavy atom. The fourth-order valence-electron chi connectivity index (χ4n) is 3.88. The molecule has 4 nitrogen and oxygen atoms in total. The second kappa shape index (κ2) is 5.51. The maximum Gasteiger partial charge on any atom is 0.223 e. The first kappa shape index (κ1) is 15.2. The number of aliphatic hydroxyl groups excluding tert-OH is 1. The average molecular weight is 301 g/mol. The topological polar surface area (TPSA) is 57.6 Å². The van der Waals surface area contributed by atoms with Crippen molar-refractivity contribution in [1.29, 1.82) is 0 Å². The average Bonchev–Trinajstić information content (AvgIpc) is 2.82. The van der Waals surface area contributed by atoms with Crippen molar-refractivity contribution in [1.82, 2.24) is 4.90 Å². The standard InChI is InChI=1S/C18H23NO3/c1-12(2)19-11-18(9-17(19)22)6-5-13-3-4-14(16(21)10-20)7-15(13)8-18/h3-4,7,12,20H,5-6,8-11H2,1-2H3. The molecule has 2 aliphatic rings. The van der Waals surface area contributed by atoms with Crippen LogP contribution in [0.25, 0.3) is 0 Å². The number of fused-ring (bicyclic) bond motifs is 1. The summed E-state index contributed by atoms with van der Waals surface area (Å²) < 4.78 is 0. The minimum Gasteiger partial charge on any atom is -0.388 e. The molecule has 1 aromatic rings. The number of benzene rings is 1. The number of ketones is 1. The lowest BCUT2D eigenvalue weighted by atomic mass is 9.70. The number of hydrogen-bond donors (Lipinski definition) is 1. The van der Waals surface area contributed by atoms with E-state index >= 15 is 0 Å². The number of Topliss-reactive ketones (excluding diaryl/α,β-unsaturated/α-hetero) is 1. The zero-order chi connectivity index (χ0) is 15.9. The van der Waals surface area contributed by atoms with Gasteiger partial charge in [-0.1, -0.05) is 12.1 Å². The zero-order valence-corrected chi connectivity index (χ0v) is 13.3. The molecule has 22 heavy (non-hydrogen) atoms. The van der Waals surface area contributed by atoms with Crippen LogP contribution in [-0.2, 0) is 17.6 Å². The van der Waals surface area contributed by atoms with Gasteiger partial charge in [0.2, 0.25) is 5.91 Å². The monoisotopic (exact) mass is 301 g/mol. The van der Waals surface area contributed by atoms with Crippen molar-refractivity contribution in [2.24, 2.45) is 5.41 Å². The molecule has 1 aliphatic carbocycles. The summed E-state index contributed by atoms with van der Waals surface area (Å²) in [4.78, 5) is 25.9. The summed E-state index contributed by atoms with van der Waals surface area (Å²) in [5.41, 5.74) is 3.04. The first-order chi connectivity index (χ1) is 10.4. The van der Waals surface area contributed by atoms with Gasteiger partial charge in [-0.3, -0.25) is 9.59 Å². The normalized spacial score (nSPS) is 24.2. The van der Waals surface area contributed by atoms with Crippen LogP contribution in [0.3, 0.4) is 0 Å². The smallest absolute Gasteiger partial charge is 0.223 e. The second-order valence-corrected chi connectivity index (χ2v) is 7.03. The van der Waals surface area contributed by atoms with E-state index in [9.17, 15) is 9.59 Å². The van der Waals surface area contributed by atoms with Crippen molar-refractivity contribution >= 4 is 11.7 Å². The van der Waals surface area contributed by atoms with Gasteiger partial charge in [0.1, 0.15) is 6.61 Å². The molecule has 1 spiro atoms. The third kappa shape index (κ3) is 2.56. The van der Waals surface area contributed by atoms with Gasteiger partial charge in [0.25, 0.3) is 0 Å². The highest BCUT2D eigenvalue weighted by Gasteiger charge is 2.45. The Morgan fingerprint density at radius 1 is 1.32 bits per heavy atom. The summed E-state index contributed by atoms with van der Waals surface area (Å²) in [6, 6.07) is 5.96. The van der Waals surface area contributed by atoms with Crippen LogP contribution in [0.2, 0.25) is 0 Å². The summed E-state index contributed by atoms with van der Waals surface area (Å²) in [7, 11) is 0. The molecule has 0 bridgehead atoms. The van der Waals surface area contributed by atoms with Crippen molar-refractivity contribution in [3.05, 3.63) is 34.9 Å². The third-order valence-electron chi connectivity index (χ3n) is 5.14. The Morgan fingerprint density at radius 3 is 2.73 bits per heavy atom. The predicted octanol–water partition coefficient (Wildman–Crippen LogP) is 1.98. The van der Waals surface area contributed by atoms with Gasteiger partial charge in [0.05, 0.1) is 0 Å². The Labute approximate surface area is 131 Å². The molecule has 1 amide bonds. The van der Waals surface area contributed by atoms with Crippen LogP contribution in [0.4, 0.5) is 0 Å². The van der Waals surface area contributed by atoms with Crippen LogP contribution in [0.5, 0.6) is 0 Å². The molecule has 1 atom stereocenters. The lowest BCUT2D eigenvalue weighted by Crippen LogP contribution is -2.36. The van der Waals surface area contributed by atoms with E-state index in [1.165, 1.54) is 11.1 Å². The van der Waals surface area contributed by atoms with Gasteiger partial charge in [-0.15, -0.1) is 0 Å². The molecule has 1 aliphatic heterocycles. The van der Waals surface area contributed by atoms with E-state index in [1.54, 1.807) is 6.07 Å². The first-order valence-electron chi connectivity index (χ1n) is 7.99. The summed E-state index contributed by atoms with van der Waals surface area (Å²) in [6.07, 6.45) is 3.46. The van der Waals surface area contributed by atoms with Crippen LogP contribution in [0, 0.1) is 5.41 Å². The minimum atomic E-state index is -0.455. The van der Waals surface area contributed by atoms with Crippen molar-refractivity contribution in [3.8, 4) is 0 Å². The SMILES string of the molecule is CC(C)N1CC2(CCc3ccc(C(=O)CO)cc3C2)CC1=O. The number of aliphatic hydroxyl groups is 1. The predicted molar refractivity (Wildman–Crippen MR) is 83.8 cm³/mol. The number of nitrogens with zero attached hydrogens (tertiary/aromatic N) is 1. The number of carbonyl (C=O) groups excluding carboxylic acids is 2. The molecule has 0 saturated carbocycles. The van der Waals surface area contributed by atoms with Gasteiger partial charge in [-0.05, 0) is 50.3 Å². The molecule has 1 aromatic carbocycles. The highest BCUT2D eigenvalue weighted by atomic mass is 16.3. The molecule has 0 radical (unpaired) electrons. The van der Waals surface area contributed by atoms with E-state index in [4.69, 9.17) is 5.11 Å². The van der Waals surface area contributed by atoms with Gasteiger partial charge in [-0.2, -0.15) is 0 Å². The molecule has 1 saturated heterocycles. The van der Waals surface area contributed by atoms with Crippen molar-refractivity contribution in [3.63, 3.8) is 0 Å². The van der Waals surface area contributed by atoms with Crippen LogP contribution in [-0.4, -0.2) is 40.9 Å². The van der Waals surface area contributed by atoms with E-state index in [0.29, 0.717) is 12.0 Å². The fraction of sp³-hybridized carbons (Fsp3) is 0.556. The van der Waals surface area contributed by atoms with E-state index in [2.05, 4.69) is 13.8 Å². The maximum atomic E-state index is 12.3. The summed E-state index contributed by atoms with van der Waals surface area (Å²) in [5.74, 6) is 0.00904. The summed E-state index contributed by atoms with van der Waals surface area (Å²) in [6.45, 7) is 4.49. The molecule has 1 unspecified atom stereocenters. The highest BCUT2D eigenvalue weighted by molar-refractivity contribution is 5.97. The highest BCUT2D eigenvalue weighted by Crippen LogP contribution is 2.43. The van der Waals surface area contributed by atoms with Crippen molar-refractivity contribution in [2.75, 3.05) is 13.2 Å². The Hall–Kier alpha value is -1.68. The second-order valence-electron chi connectivity index (χ2n) is 7.03. The van der Waals surface area contributed by atoms with E-state index in [0.717, 1.165) is 25.8 Å². The largest absolute Gasteiger partial charge is 0.388 e. The number of likely N-dealkylation sites (tertiary alicyclic amines) is 1.